The SMILES string of the molecule is CCOc1cccc(CNC(=NC)NCCCOCC2CCOC2)c1.I. The highest BCUT2D eigenvalue weighted by Crippen LogP contribution is 2.13. The number of hydrogen-bond donors (Lipinski definition) is 2. The maximum absolute atomic E-state index is 5.70. The Hall–Kier alpha value is -1.06. The summed E-state index contributed by atoms with van der Waals surface area (Å²) in [5, 5.41) is 6.63. The van der Waals surface area contributed by atoms with Crippen LogP contribution in [0.25, 0.3) is 0 Å². The Morgan fingerprint density at radius 3 is 2.96 bits per heavy atom. The van der Waals surface area contributed by atoms with Gasteiger partial charge in [-0.2, -0.15) is 0 Å². The summed E-state index contributed by atoms with van der Waals surface area (Å²) in [5.74, 6) is 2.27. The van der Waals surface area contributed by atoms with Gasteiger partial charge < -0.3 is 24.8 Å². The van der Waals surface area contributed by atoms with Crippen LogP contribution in [0.1, 0.15) is 25.3 Å². The lowest BCUT2D eigenvalue weighted by Crippen LogP contribution is -2.37. The van der Waals surface area contributed by atoms with Crippen LogP contribution in [0.2, 0.25) is 0 Å². The topological polar surface area (TPSA) is 64.1 Å². The predicted octanol–water partition coefficient (Wildman–Crippen LogP) is 2.81. The zero-order valence-corrected chi connectivity index (χ0v) is 18.2. The Labute approximate surface area is 174 Å². The minimum absolute atomic E-state index is 0. The quantitative estimate of drug-likeness (QED) is 0.235. The number of hydrogen-bond acceptors (Lipinski definition) is 4. The molecular weight excluding hydrogens is 445 g/mol. The van der Waals surface area contributed by atoms with Crippen molar-refractivity contribution in [3.05, 3.63) is 29.8 Å². The van der Waals surface area contributed by atoms with Crippen LogP contribution in [0, 0.1) is 5.92 Å². The van der Waals surface area contributed by atoms with Gasteiger partial charge in [-0.05, 0) is 37.5 Å². The normalized spacial score (nSPS) is 16.8. The van der Waals surface area contributed by atoms with Gasteiger partial charge in [0.05, 0.1) is 19.8 Å². The van der Waals surface area contributed by atoms with Crippen molar-refractivity contribution in [1.82, 2.24) is 10.6 Å². The first kappa shape index (κ1) is 23.0. The largest absolute Gasteiger partial charge is 0.494 e. The number of guanidine groups is 1. The highest BCUT2D eigenvalue weighted by atomic mass is 127. The van der Waals surface area contributed by atoms with Gasteiger partial charge in [0.15, 0.2) is 5.96 Å². The summed E-state index contributed by atoms with van der Waals surface area (Å²) >= 11 is 0. The summed E-state index contributed by atoms with van der Waals surface area (Å²) in [4.78, 5) is 4.25. The molecule has 0 aromatic heterocycles. The van der Waals surface area contributed by atoms with Crippen molar-refractivity contribution in [2.45, 2.75) is 26.3 Å². The molecule has 2 rings (SSSR count). The average molecular weight is 477 g/mol. The van der Waals surface area contributed by atoms with Crippen LogP contribution in [0.4, 0.5) is 0 Å². The molecular formula is C19H32IN3O3. The summed E-state index contributed by atoms with van der Waals surface area (Å²) in [6, 6.07) is 8.09. The fourth-order valence-electron chi connectivity index (χ4n) is 2.66. The van der Waals surface area contributed by atoms with Gasteiger partial charge in [0, 0.05) is 39.3 Å². The van der Waals surface area contributed by atoms with E-state index in [9.17, 15) is 0 Å². The van der Waals surface area contributed by atoms with Crippen molar-refractivity contribution in [3.8, 4) is 5.75 Å². The first-order valence-corrected chi connectivity index (χ1v) is 9.13. The Kier molecular flexibility index (Phi) is 12.4. The van der Waals surface area contributed by atoms with Crippen molar-refractivity contribution in [3.63, 3.8) is 0 Å². The molecule has 7 heteroatoms. The molecule has 1 fully saturated rings. The number of nitrogens with one attached hydrogen (secondary N) is 2. The smallest absolute Gasteiger partial charge is 0.191 e. The van der Waals surface area contributed by atoms with Gasteiger partial charge >= 0.3 is 0 Å². The molecule has 1 atom stereocenters. The van der Waals surface area contributed by atoms with Gasteiger partial charge in [-0.1, -0.05) is 12.1 Å². The summed E-state index contributed by atoms with van der Waals surface area (Å²) < 4.78 is 16.6. The van der Waals surface area contributed by atoms with Crippen LogP contribution in [-0.4, -0.2) is 52.6 Å². The van der Waals surface area contributed by atoms with E-state index in [0.717, 1.165) is 63.1 Å². The molecule has 0 aliphatic carbocycles. The molecule has 1 heterocycles. The van der Waals surface area contributed by atoms with Crippen molar-refractivity contribution >= 4 is 29.9 Å². The molecule has 26 heavy (non-hydrogen) atoms. The zero-order chi connectivity index (χ0) is 17.7. The summed E-state index contributed by atoms with van der Waals surface area (Å²) in [6.07, 6.45) is 2.08. The van der Waals surface area contributed by atoms with E-state index in [1.165, 1.54) is 0 Å². The second-order valence-electron chi connectivity index (χ2n) is 6.09. The average Bonchev–Trinajstić information content (AvgIpc) is 3.14. The van der Waals surface area contributed by atoms with Crippen molar-refractivity contribution in [1.29, 1.82) is 0 Å². The van der Waals surface area contributed by atoms with E-state index in [1.54, 1.807) is 7.05 Å². The molecule has 148 valence electrons. The molecule has 0 saturated carbocycles. The third kappa shape index (κ3) is 9.05. The van der Waals surface area contributed by atoms with Gasteiger partial charge in [-0.15, -0.1) is 24.0 Å². The fourth-order valence-corrected chi connectivity index (χ4v) is 2.66. The molecule has 1 aromatic rings. The number of rotatable bonds is 10. The highest BCUT2D eigenvalue weighted by Gasteiger charge is 2.15. The summed E-state index contributed by atoms with van der Waals surface area (Å²) in [5.41, 5.74) is 1.16. The van der Waals surface area contributed by atoms with Crippen LogP contribution in [0.15, 0.2) is 29.3 Å². The number of benzene rings is 1. The van der Waals surface area contributed by atoms with Crippen LogP contribution in [-0.2, 0) is 16.0 Å². The van der Waals surface area contributed by atoms with Crippen LogP contribution >= 0.6 is 24.0 Å². The molecule has 1 aliphatic heterocycles. The van der Waals surface area contributed by atoms with Crippen molar-refractivity contribution in [2.24, 2.45) is 10.9 Å². The molecule has 1 saturated heterocycles. The first-order chi connectivity index (χ1) is 12.3. The van der Waals surface area contributed by atoms with Gasteiger partial charge in [-0.3, -0.25) is 4.99 Å². The number of ether oxygens (including phenoxy) is 3. The van der Waals surface area contributed by atoms with E-state index in [2.05, 4.69) is 21.7 Å². The molecule has 1 unspecified atom stereocenters. The molecule has 6 nitrogen and oxygen atoms in total. The van der Waals surface area contributed by atoms with E-state index in [4.69, 9.17) is 14.2 Å². The minimum Gasteiger partial charge on any atom is -0.494 e. The van der Waals surface area contributed by atoms with Crippen LogP contribution < -0.4 is 15.4 Å². The lowest BCUT2D eigenvalue weighted by molar-refractivity contribution is 0.0888. The molecule has 2 N–H and O–H groups in total. The second kappa shape index (κ2) is 14.1. The molecule has 0 amide bonds. The van der Waals surface area contributed by atoms with E-state index < -0.39 is 0 Å². The van der Waals surface area contributed by atoms with E-state index in [1.807, 2.05) is 25.1 Å². The molecule has 0 bridgehead atoms. The molecule has 1 aliphatic rings. The fraction of sp³-hybridized carbons (Fsp3) is 0.632. The maximum atomic E-state index is 5.70. The molecule has 0 spiro atoms. The highest BCUT2D eigenvalue weighted by molar-refractivity contribution is 14.0. The summed E-state index contributed by atoms with van der Waals surface area (Å²) in [6.45, 7) is 7.50. The Morgan fingerprint density at radius 2 is 2.23 bits per heavy atom. The third-order valence-corrected chi connectivity index (χ3v) is 4.03. The zero-order valence-electron chi connectivity index (χ0n) is 15.8. The Bertz CT molecular complexity index is 523. The predicted molar refractivity (Wildman–Crippen MR) is 116 cm³/mol. The Morgan fingerprint density at radius 1 is 1.35 bits per heavy atom. The van der Waals surface area contributed by atoms with Gasteiger partial charge in [-0.25, -0.2) is 0 Å². The van der Waals surface area contributed by atoms with E-state index in [0.29, 0.717) is 19.1 Å². The van der Waals surface area contributed by atoms with E-state index >= 15 is 0 Å². The minimum atomic E-state index is 0. The summed E-state index contributed by atoms with van der Waals surface area (Å²) in [7, 11) is 1.78. The van der Waals surface area contributed by atoms with Gasteiger partial charge in [0.2, 0.25) is 0 Å². The first-order valence-electron chi connectivity index (χ1n) is 9.13. The monoisotopic (exact) mass is 477 g/mol. The van der Waals surface area contributed by atoms with E-state index in [-0.39, 0.29) is 24.0 Å². The molecule has 1 aromatic carbocycles. The van der Waals surface area contributed by atoms with Crippen molar-refractivity contribution in [2.75, 3.05) is 46.6 Å². The lowest BCUT2D eigenvalue weighted by atomic mass is 10.1. The Balaban J connectivity index is 0.00000338. The third-order valence-electron chi connectivity index (χ3n) is 4.03. The van der Waals surface area contributed by atoms with Gasteiger partial charge in [0.25, 0.3) is 0 Å². The number of halogens is 1. The number of aliphatic imine (C=N–C) groups is 1. The second-order valence-corrected chi connectivity index (χ2v) is 6.09. The van der Waals surface area contributed by atoms with Crippen LogP contribution in [0.5, 0.6) is 5.75 Å². The molecule has 0 radical (unpaired) electrons. The van der Waals surface area contributed by atoms with Crippen molar-refractivity contribution < 1.29 is 14.2 Å². The van der Waals surface area contributed by atoms with Gasteiger partial charge in [0.1, 0.15) is 5.75 Å². The number of nitrogens with zero attached hydrogens (tertiary/aromatic N) is 1. The standard InChI is InChI=1S/C19H31N3O3.HI/c1-3-25-18-7-4-6-16(12-18)13-22-19(20-2)21-9-5-10-23-14-17-8-11-24-15-17;/h4,6-7,12,17H,3,5,8-11,13-15H2,1-2H3,(H2,20,21,22);1H. The van der Waals surface area contributed by atoms with Crippen LogP contribution in [0.3, 0.4) is 0 Å². The lowest BCUT2D eigenvalue weighted by Gasteiger charge is -2.13. The maximum Gasteiger partial charge on any atom is 0.191 e.